The Morgan fingerprint density at radius 2 is 1.89 bits per heavy atom. The molecule has 0 saturated carbocycles. The topological polar surface area (TPSA) is 55.1 Å². The molecule has 0 unspecified atom stereocenters. The van der Waals surface area contributed by atoms with Crippen molar-refractivity contribution >= 4 is 35.0 Å². The molecule has 3 nitrogen and oxygen atoms in total. The fourth-order valence-corrected chi connectivity index (χ4v) is 1.67. The number of nitrogens with one attached hydrogen (secondary N) is 1. The molecule has 2 aromatic carbocycles. The lowest BCUT2D eigenvalue weighted by Gasteiger charge is -2.02. The minimum absolute atomic E-state index is 0.208. The zero-order valence-corrected chi connectivity index (χ0v) is 10.9. The van der Waals surface area contributed by atoms with Crippen molar-refractivity contribution in [2.75, 3.05) is 11.1 Å². The molecule has 1 amide bonds. The molecule has 19 heavy (non-hydrogen) atoms. The van der Waals surface area contributed by atoms with Crippen LogP contribution in [0.2, 0.25) is 5.02 Å². The van der Waals surface area contributed by atoms with Gasteiger partial charge in [-0.2, -0.15) is 0 Å². The number of hydrogen-bond donors (Lipinski definition) is 2. The van der Waals surface area contributed by atoms with Gasteiger partial charge in [-0.15, -0.1) is 0 Å². The summed E-state index contributed by atoms with van der Waals surface area (Å²) in [5, 5.41) is 3.40. The largest absolute Gasteiger partial charge is 0.399 e. The molecule has 0 aliphatic carbocycles. The number of nitrogen functional groups attached to an aromatic ring is 1. The van der Waals surface area contributed by atoms with E-state index in [1.165, 1.54) is 6.08 Å². The van der Waals surface area contributed by atoms with E-state index in [2.05, 4.69) is 5.32 Å². The summed E-state index contributed by atoms with van der Waals surface area (Å²) in [5.41, 5.74) is 7.82. The average molecular weight is 273 g/mol. The summed E-state index contributed by atoms with van der Waals surface area (Å²) in [6.45, 7) is 0. The molecule has 0 aromatic heterocycles. The van der Waals surface area contributed by atoms with Gasteiger partial charge in [0.2, 0.25) is 5.91 Å². The minimum Gasteiger partial charge on any atom is -0.399 e. The van der Waals surface area contributed by atoms with Gasteiger partial charge in [0.05, 0.1) is 0 Å². The fourth-order valence-electron chi connectivity index (χ4n) is 1.55. The molecular formula is C15H13ClN2O. The van der Waals surface area contributed by atoms with E-state index in [0.717, 1.165) is 5.56 Å². The molecule has 0 aliphatic heterocycles. The van der Waals surface area contributed by atoms with Crippen LogP contribution >= 0.6 is 11.6 Å². The maximum atomic E-state index is 11.7. The number of nitrogens with two attached hydrogens (primary N) is 1. The summed E-state index contributed by atoms with van der Waals surface area (Å²) in [5.74, 6) is -0.208. The van der Waals surface area contributed by atoms with E-state index >= 15 is 0 Å². The van der Waals surface area contributed by atoms with Crippen LogP contribution < -0.4 is 11.1 Å². The van der Waals surface area contributed by atoms with Gasteiger partial charge in [0.1, 0.15) is 0 Å². The van der Waals surface area contributed by atoms with Crippen LogP contribution in [0.4, 0.5) is 11.4 Å². The summed E-state index contributed by atoms with van der Waals surface area (Å²) in [7, 11) is 0. The van der Waals surface area contributed by atoms with Gasteiger partial charge in [0.25, 0.3) is 0 Å². The lowest BCUT2D eigenvalue weighted by molar-refractivity contribution is -0.111. The lowest BCUT2D eigenvalue weighted by atomic mass is 10.2. The number of anilines is 2. The van der Waals surface area contributed by atoms with Crippen molar-refractivity contribution in [3.05, 3.63) is 65.2 Å². The van der Waals surface area contributed by atoms with E-state index in [9.17, 15) is 4.79 Å². The third-order valence-corrected chi connectivity index (χ3v) is 2.70. The highest BCUT2D eigenvalue weighted by atomic mass is 35.5. The van der Waals surface area contributed by atoms with Gasteiger partial charge in [-0.25, -0.2) is 0 Å². The molecule has 2 aromatic rings. The van der Waals surface area contributed by atoms with Gasteiger partial charge in [0.15, 0.2) is 0 Å². The van der Waals surface area contributed by atoms with Gasteiger partial charge >= 0.3 is 0 Å². The number of halogens is 1. The molecule has 0 heterocycles. The summed E-state index contributed by atoms with van der Waals surface area (Å²) in [6.07, 6.45) is 3.18. The Kier molecular flexibility index (Phi) is 4.21. The Morgan fingerprint density at radius 3 is 2.58 bits per heavy atom. The predicted molar refractivity (Wildman–Crippen MR) is 80.0 cm³/mol. The third-order valence-electron chi connectivity index (χ3n) is 2.45. The van der Waals surface area contributed by atoms with Crippen molar-refractivity contribution in [2.24, 2.45) is 0 Å². The number of carbonyl (C=O) groups excluding carboxylic acids is 1. The Bertz CT molecular complexity index is 606. The zero-order chi connectivity index (χ0) is 13.7. The van der Waals surface area contributed by atoms with Gasteiger partial charge < -0.3 is 11.1 Å². The molecule has 2 rings (SSSR count). The summed E-state index contributed by atoms with van der Waals surface area (Å²) >= 11 is 5.78. The highest BCUT2D eigenvalue weighted by Crippen LogP contribution is 2.13. The van der Waals surface area contributed by atoms with Crippen molar-refractivity contribution < 1.29 is 4.79 Å². The van der Waals surface area contributed by atoms with E-state index in [1.54, 1.807) is 42.5 Å². The first kappa shape index (κ1) is 13.2. The number of rotatable bonds is 3. The molecule has 96 valence electrons. The highest BCUT2D eigenvalue weighted by Gasteiger charge is 1.98. The van der Waals surface area contributed by atoms with Crippen LogP contribution in [-0.2, 0) is 4.79 Å². The number of hydrogen-bond acceptors (Lipinski definition) is 2. The first-order valence-corrected chi connectivity index (χ1v) is 6.11. The maximum Gasteiger partial charge on any atom is 0.248 e. The fraction of sp³-hybridized carbons (Fsp3) is 0. The molecule has 0 fully saturated rings. The molecule has 0 radical (unpaired) electrons. The van der Waals surface area contributed by atoms with Crippen LogP contribution in [0.5, 0.6) is 0 Å². The zero-order valence-electron chi connectivity index (χ0n) is 10.1. The number of carbonyl (C=O) groups is 1. The average Bonchev–Trinajstić information content (AvgIpc) is 2.38. The maximum absolute atomic E-state index is 11.7. The Labute approximate surface area is 116 Å². The second-order valence-corrected chi connectivity index (χ2v) is 4.44. The number of benzene rings is 2. The predicted octanol–water partition coefficient (Wildman–Crippen LogP) is 3.57. The van der Waals surface area contributed by atoms with E-state index < -0.39 is 0 Å². The first-order valence-electron chi connectivity index (χ1n) is 5.74. The van der Waals surface area contributed by atoms with Gasteiger partial charge in [-0.1, -0.05) is 29.8 Å². The highest BCUT2D eigenvalue weighted by molar-refractivity contribution is 6.30. The van der Waals surface area contributed by atoms with Crippen molar-refractivity contribution in [1.82, 2.24) is 0 Å². The van der Waals surface area contributed by atoms with Gasteiger partial charge in [-0.05, 0) is 42.0 Å². The monoisotopic (exact) mass is 272 g/mol. The van der Waals surface area contributed by atoms with Crippen molar-refractivity contribution in [3.63, 3.8) is 0 Å². The lowest BCUT2D eigenvalue weighted by Crippen LogP contribution is -2.07. The van der Waals surface area contributed by atoms with Crippen molar-refractivity contribution in [3.8, 4) is 0 Å². The molecule has 3 N–H and O–H groups in total. The normalized spacial score (nSPS) is 10.6. The number of amides is 1. The van der Waals surface area contributed by atoms with Crippen LogP contribution in [0.15, 0.2) is 54.6 Å². The molecule has 0 spiro atoms. The molecule has 0 atom stereocenters. The van der Waals surface area contributed by atoms with E-state index in [1.807, 2.05) is 12.1 Å². The summed E-state index contributed by atoms with van der Waals surface area (Å²) < 4.78 is 0. The van der Waals surface area contributed by atoms with E-state index in [0.29, 0.717) is 16.4 Å². The van der Waals surface area contributed by atoms with Crippen LogP contribution in [0.1, 0.15) is 5.56 Å². The summed E-state index contributed by atoms with van der Waals surface area (Å²) in [4.78, 5) is 11.7. The van der Waals surface area contributed by atoms with E-state index in [4.69, 9.17) is 17.3 Å². The molecule has 0 aliphatic rings. The van der Waals surface area contributed by atoms with Crippen LogP contribution in [-0.4, -0.2) is 5.91 Å². The summed E-state index contributed by atoms with van der Waals surface area (Å²) in [6, 6.07) is 14.3. The minimum atomic E-state index is -0.208. The van der Waals surface area contributed by atoms with Gasteiger partial charge in [-0.3, -0.25) is 4.79 Å². The Balaban J connectivity index is 1.99. The van der Waals surface area contributed by atoms with Crippen LogP contribution in [0.25, 0.3) is 6.08 Å². The molecule has 4 heteroatoms. The van der Waals surface area contributed by atoms with E-state index in [-0.39, 0.29) is 5.91 Å². The first-order chi connectivity index (χ1) is 9.13. The van der Waals surface area contributed by atoms with Crippen LogP contribution in [0.3, 0.4) is 0 Å². The molecule has 0 saturated heterocycles. The smallest absolute Gasteiger partial charge is 0.248 e. The Morgan fingerprint density at radius 1 is 1.16 bits per heavy atom. The second-order valence-electron chi connectivity index (χ2n) is 4.00. The van der Waals surface area contributed by atoms with Crippen molar-refractivity contribution in [2.45, 2.75) is 0 Å². The second kappa shape index (κ2) is 6.07. The molecule has 0 bridgehead atoms. The standard InChI is InChI=1S/C15H13ClN2O/c16-12-7-4-11(5-8-12)6-9-15(19)18-14-3-1-2-13(17)10-14/h1-10H,17H2,(H,18,19)/b9-6+. The Hall–Kier alpha value is -2.26. The quantitative estimate of drug-likeness (QED) is 0.663. The third kappa shape index (κ3) is 4.16. The van der Waals surface area contributed by atoms with Crippen molar-refractivity contribution in [1.29, 1.82) is 0 Å². The molecular weight excluding hydrogens is 260 g/mol. The van der Waals surface area contributed by atoms with Crippen LogP contribution in [0, 0.1) is 0 Å². The SMILES string of the molecule is Nc1cccc(NC(=O)/C=C/c2ccc(Cl)cc2)c1. The van der Waals surface area contributed by atoms with Gasteiger partial charge in [0, 0.05) is 22.5 Å².